The highest BCUT2D eigenvalue weighted by atomic mass is 16.5. The topological polar surface area (TPSA) is 83.8 Å². The van der Waals surface area contributed by atoms with Gasteiger partial charge in [0.2, 0.25) is 0 Å². The molecule has 0 aromatic heterocycles. The van der Waals surface area contributed by atoms with E-state index in [-0.39, 0.29) is 18.8 Å². The molecule has 0 bridgehead atoms. The second kappa shape index (κ2) is 3.96. The maximum atomic E-state index is 10.8. The smallest absolute Gasteiger partial charge is 0.321 e. The first kappa shape index (κ1) is 11.0. The summed E-state index contributed by atoms with van der Waals surface area (Å²) < 4.78 is 4.84. The van der Waals surface area contributed by atoms with Crippen molar-refractivity contribution in [3.8, 4) is 0 Å². The van der Waals surface area contributed by atoms with Crippen molar-refractivity contribution in [2.45, 2.75) is 19.3 Å². The highest BCUT2D eigenvalue weighted by Crippen LogP contribution is 2.47. The van der Waals surface area contributed by atoms with Crippen LogP contribution in [0, 0.1) is 11.3 Å². The fourth-order valence-electron chi connectivity index (χ4n) is 1.86. The van der Waals surface area contributed by atoms with E-state index >= 15 is 0 Å². The van der Waals surface area contributed by atoms with Crippen molar-refractivity contribution in [2.75, 3.05) is 13.7 Å². The normalized spacial score (nSPS) is 20.1. The largest absolute Gasteiger partial charge is 0.480 e. The molecule has 14 heavy (non-hydrogen) atoms. The van der Waals surface area contributed by atoms with Gasteiger partial charge >= 0.3 is 11.9 Å². The van der Waals surface area contributed by atoms with Gasteiger partial charge < -0.3 is 14.9 Å². The fourth-order valence-corrected chi connectivity index (χ4v) is 1.86. The van der Waals surface area contributed by atoms with E-state index in [9.17, 15) is 9.59 Å². The van der Waals surface area contributed by atoms with E-state index in [1.54, 1.807) is 7.11 Å². The molecule has 1 rings (SSSR count). The van der Waals surface area contributed by atoms with E-state index in [1.165, 1.54) is 0 Å². The molecule has 0 amide bonds. The Balaban J connectivity index is 2.48. The lowest BCUT2D eigenvalue weighted by Crippen LogP contribution is -2.50. The van der Waals surface area contributed by atoms with Crippen molar-refractivity contribution in [2.24, 2.45) is 11.3 Å². The maximum Gasteiger partial charge on any atom is 0.321 e. The molecule has 5 heteroatoms. The summed E-state index contributed by atoms with van der Waals surface area (Å²) in [6.45, 7) is 0.556. The Bertz CT molecular complexity index is 226. The lowest BCUT2D eigenvalue weighted by Gasteiger charge is -2.40. The van der Waals surface area contributed by atoms with E-state index in [4.69, 9.17) is 14.9 Å². The zero-order valence-corrected chi connectivity index (χ0v) is 8.02. The molecule has 1 aliphatic carbocycles. The number of hydrogen-bond donors (Lipinski definition) is 2. The number of methoxy groups -OCH3 is 1. The number of rotatable bonds is 5. The Kier molecular flexibility index (Phi) is 3.10. The molecule has 5 nitrogen and oxygen atoms in total. The van der Waals surface area contributed by atoms with Crippen molar-refractivity contribution < 1.29 is 24.5 Å². The molecule has 0 aromatic rings. The minimum atomic E-state index is -1.53. The average Bonchev–Trinajstić information content (AvgIpc) is 2.00. The average molecular weight is 202 g/mol. The van der Waals surface area contributed by atoms with Gasteiger partial charge in [0.25, 0.3) is 0 Å². The molecule has 0 heterocycles. The zero-order chi connectivity index (χ0) is 10.8. The number of carboxylic acids is 2. The van der Waals surface area contributed by atoms with Crippen LogP contribution in [0.5, 0.6) is 0 Å². The van der Waals surface area contributed by atoms with E-state index in [0.29, 0.717) is 6.61 Å². The van der Waals surface area contributed by atoms with Gasteiger partial charge in [0, 0.05) is 13.7 Å². The van der Waals surface area contributed by atoms with Crippen LogP contribution in [-0.4, -0.2) is 35.9 Å². The molecule has 0 saturated heterocycles. The molecular formula is C9H14O5. The van der Waals surface area contributed by atoms with Gasteiger partial charge in [0.15, 0.2) is 5.41 Å². The zero-order valence-electron chi connectivity index (χ0n) is 8.02. The van der Waals surface area contributed by atoms with E-state index in [2.05, 4.69) is 0 Å². The van der Waals surface area contributed by atoms with Gasteiger partial charge in [-0.1, -0.05) is 0 Å². The van der Waals surface area contributed by atoms with Gasteiger partial charge in [0.05, 0.1) is 0 Å². The second-order valence-corrected chi connectivity index (χ2v) is 3.75. The molecule has 0 radical (unpaired) electrons. The summed E-state index contributed by atoms with van der Waals surface area (Å²) in [4.78, 5) is 21.5. The summed E-state index contributed by atoms with van der Waals surface area (Å²) in [5.74, 6) is -2.28. The molecule has 1 saturated carbocycles. The molecule has 0 spiro atoms. The van der Waals surface area contributed by atoms with E-state index in [1.807, 2.05) is 0 Å². The molecule has 2 N–H and O–H groups in total. The summed E-state index contributed by atoms with van der Waals surface area (Å²) in [6.07, 6.45) is 1.18. The number of hydrogen-bond acceptors (Lipinski definition) is 3. The number of carbonyl (C=O) groups is 2. The van der Waals surface area contributed by atoms with E-state index in [0.717, 1.165) is 6.42 Å². The summed E-state index contributed by atoms with van der Waals surface area (Å²) in [6, 6.07) is 0. The van der Waals surface area contributed by atoms with Crippen molar-refractivity contribution in [1.29, 1.82) is 0 Å². The summed E-state index contributed by atoms with van der Waals surface area (Å²) in [5, 5.41) is 17.6. The molecule has 1 aliphatic rings. The van der Waals surface area contributed by atoms with Crippen LogP contribution in [0.4, 0.5) is 0 Å². The lowest BCUT2D eigenvalue weighted by molar-refractivity contribution is -0.176. The maximum absolute atomic E-state index is 10.8. The quantitative estimate of drug-likeness (QED) is 0.637. The summed E-state index contributed by atoms with van der Waals surface area (Å²) >= 11 is 0. The Hall–Kier alpha value is -1.10. The monoisotopic (exact) mass is 202 g/mol. The summed E-state index contributed by atoms with van der Waals surface area (Å²) in [5.41, 5.74) is -1.53. The van der Waals surface area contributed by atoms with Crippen LogP contribution < -0.4 is 0 Å². The Morgan fingerprint density at radius 2 is 1.86 bits per heavy atom. The number of ether oxygens (including phenoxy) is 1. The molecule has 80 valence electrons. The molecule has 0 aliphatic heterocycles. The Morgan fingerprint density at radius 3 is 2.21 bits per heavy atom. The van der Waals surface area contributed by atoms with Crippen LogP contribution in [0.3, 0.4) is 0 Å². The minimum absolute atomic E-state index is 0.169. The van der Waals surface area contributed by atoms with Crippen LogP contribution in [0.25, 0.3) is 0 Å². The minimum Gasteiger partial charge on any atom is -0.480 e. The van der Waals surface area contributed by atoms with Crippen LogP contribution in [-0.2, 0) is 14.3 Å². The molecule has 0 aromatic carbocycles. The number of carboxylic acid groups (broad SMARTS) is 2. The third-order valence-electron chi connectivity index (χ3n) is 2.82. The van der Waals surface area contributed by atoms with Gasteiger partial charge in [-0.05, 0) is 25.2 Å². The highest BCUT2D eigenvalue weighted by Gasteiger charge is 2.56. The fraction of sp³-hybridized carbons (Fsp3) is 0.778. The SMILES string of the molecule is COCCC1CC(C(=O)O)(C(=O)O)C1. The third-order valence-corrected chi connectivity index (χ3v) is 2.82. The molecule has 1 fully saturated rings. The highest BCUT2D eigenvalue weighted by molar-refractivity contribution is 5.99. The van der Waals surface area contributed by atoms with Gasteiger partial charge in [-0.25, -0.2) is 0 Å². The number of aliphatic carboxylic acids is 2. The van der Waals surface area contributed by atoms with Gasteiger partial charge in [-0.15, -0.1) is 0 Å². The first-order chi connectivity index (χ1) is 6.53. The Labute approximate surface area is 81.7 Å². The molecule has 0 unspecified atom stereocenters. The van der Waals surface area contributed by atoms with Crippen LogP contribution in [0.2, 0.25) is 0 Å². The van der Waals surface area contributed by atoms with Crippen LogP contribution in [0.15, 0.2) is 0 Å². The predicted octanol–water partition coefficient (Wildman–Crippen LogP) is 0.589. The second-order valence-electron chi connectivity index (χ2n) is 3.75. The first-order valence-corrected chi connectivity index (χ1v) is 4.48. The molecular weight excluding hydrogens is 188 g/mol. The van der Waals surface area contributed by atoms with Crippen LogP contribution in [0.1, 0.15) is 19.3 Å². The predicted molar refractivity (Wildman–Crippen MR) is 46.9 cm³/mol. The van der Waals surface area contributed by atoms with Crippen molar-refractivity contribution >= 4 is 11.9 Å². The third kappa shape index (κ3) is 1.72. The van der Waals surface area contributed by atoms with Crippen molar-refractivity contribution in [3.05, 3.63) is 0 Å². The Morgan fingerprint density at radius 1 is 1.36 bits per heavy atom. The van der Waals surface area contributed by atoms with Crippen molar-refractivity contribution in [1.82, 2.24) is 0 Å². The standard InChI is InChI=1S/C9H14O5/c1-14-3-2-6-4-9(5-6,7(10)11)8(12)13/h6H,2-5H2,1H3,(H,10,11)(H,12,13). The van der Waals surface area contributed by atoms with Gasteiger partial charge in [-0.3, -0.25) is 9.59 Å². The molecule has 0 atom stereocenters. The van der Waals surface area contributed by atoms with Crippen LogP contribution >= 0.6 is 0 Å². The van der Waals surface area contributed by atoms with Crippen molar-refractivity contribution in [3.63, 3.8) is 0 Å². The first-order valence-electron chi connectivity index (χ1n) is 4.48. The van der Waals surface area contributed by atoms with Gasteiger partial charge in [-0.2, -0.15) is 0 Å². The summed E-state index contributed by atoms with van der Waals surface area (Å²) in [7, 11) is 1.57. The van der Waals surface area contributed by atoms with Gasteiger partial charge in [0.1, 0.15) is 0 Å². The van der Waals surface area contributed by atoms with E-state index < -0.39 is 17.4 Å². The lowest BCUT2D eigenvalue weighted by atomic mass is 9.61.